The molecule has 0 radical (unpaired) electrons. The number of fused-ring (bicyclic) bond motifs is 2. The second-order valence-corrected chi connectivity index (χ2v) is 10.7. The summed E-state index contributed by atoms with van der Waals surface area (Å²) in [6.07, 6.45) is 5.23. The minimum atomic E-state index is -0.271. The van der Waals surface area contributed by atoms with Crippen molar-refractivity contribution in [3.63, 3.8) is 0 Å². The molecule has 0 saturated carbocycles. The first-order valence-electron chi connectivity index (χ1n) is 13.0. The molecule has 1 aliphatic rings. The molecular weight excluding hydrogens is 482 g/mol. The molecule has 188 valence electrons. The fraction of sp³-hybridized carbons (Fsp3) is 0.300. The van der Waals surface area contributed by atoms with Gasteiger partial charge in [0.15, 0.2) is 0 Å². The van der Waals surface area contributed by atoms with Crippen molar-refractivity contribution in [3.05, 3.63) is 81.4 Å². The predicted molar refractivity (Wildman–Crippen MR) is 152 cm³/mol. The summed E-state index contributed by atoms with van der Waals surface area (Å²) in [5.41, 5.74) is 6.44. The molecule has 1 N–H and O–H groups in total. The highest BCUT2D eigenvalue weighted by Crippen LogP contribution is 2.40. The number of nitrogens with one attached hydrogen (secondary N) is 1. The number of aromatic amines is 1. The van der Waals surface area contributed by atoms with Crippen molar-refractivity contribution >= 4 is 39.2 Å². The predicted octanol–water partition coefficient (Wildman–Crippen LogP) is 7.00. The average Bonchev–Trinajstić information content (AvgIpc) is 3.38. The zero-order valence-corrected chi connectivity index (χ0v) is 22.1. The lowest BCUT2D eigenvalue weighted by atomic mass is 9.95. The van der Waals surface area contributed by atoms with Crippen LogP contribution in [0.3, 0.4) is 0 Å². The number of hydrogen-bond acceptors (Lipinski definition) is 4. The van der Waals surface area contributed by atoms with Crippen LogP contribution in [0.5, 0.6) is 0 Å². The molecule has 0 aliphatic carbocycles. The lowest BCUT2D eigenvalue weighted by Crippen LogP contribution is -2.34. The summed E-state index contributed by atoms with van der Waals surface area (Å²) in [5.74, 6) is 0.971. The van der Waals surface area contributed by atoms with Crippen molar-refractivity contribution in [1.29, 1.82) is 0 Å². The lowest BCUT2D eigenvalue weighted by molar-refractivity contribution is 0.573. The number of benzene rings is 3. The molecule has 7 heteroatoms. The molecular formula is C30H30ClN5O. The first-order valence-corrected chi connectivity index (χ1v) is 13.4. The molecule has 0 atom stereocenters. The second-order valence-electron chi connectivity index (χ2n) is 10.3. The van der Waals surface area contributed by atoms with Gasteiger partial charge in [0.1, 0.15) is 5.82 Å². The van der Waals surface area contributed by atoms with E-state index in [2.05, 4.69) is 59.1 Å². The van der Waals surface area contributed by atoms with Gasteiger partial charge in [-0.3, -0.25) is 9.67 Å². The van der Waals surface area contributed by atoms with E-state index < -0.39 is 0 Å². The molecule has 3 aromatic carbocycles. The molecule has 1 aliphatic heterocycles. The zero-order chi connectivity index (χ0) is 25.7. The van der Waals surface area contributed by atoms with Gasteiger partial charge in [0.05, 0.1) is 22.9 Å². The van der Waals surface area contributed by atoms with Gasteiger partial charge in [0.25, 0.3) is 0 Å². The molecule has 1 fully saturated rings. The third kappa shape index (κ3) is 4.00. The highest BCUT2D eigenvalue weighted by atomic mass is 35.5. The second kappa shape index (κ2) is 9.34. The number of anilines is 1. The molecule has 5 aromatic rings. The normalized spacial score (nSPS) is 14.2. The molecule has 3 heterocycles. The minimum Gasteiger partial charge on any atom is -0.356 e. The number of aryl methyl sites for hydroxylation is 1. The summed E-state index contributed by atoms with van der Waals surface area (Å²) in [7, 11) is 0. The molecule has 1 saturated heterocycles. The van der Waals surface area contributed by atoms with Crippen LogP contribution in [0.2, 0.25) is 5.02 Å². The lowest BCUT2D eigenvalue weighted by Gasteiger charge is -2.29. The molecule has 2 aromatic heterocycles. The zero-order valence-electron chi connectivity index (χ0n) is 21.4. The topological polar surface area (TPSA) is 66.8 Å². The van der Waals surface area contributed by atoms with Crippen LogP contribution in [0.15, 0.2) is 59.5 Å². The Morgan fingerprint density at radius 1 is 1.00 bits per heavy atom. The van der Waals surface area contributed by atoms with Crippen molar-refractivity contribution in [2.75, 3.05) is 18.0 Å². The molecule has 0 amide bonds. The van der Waals surface area contributed by atoms with Crippen molar-refractivity contribution in [2.45, 2.75) is 46.0 Å². The summed E-state index contributed by atoms with van der Waals surface area (Å²) in [5, 5.41) is 9.86. The Kier molecular flexibility index (Phi) is 6.00. The molecule has 0 bridgehead atoms. The minimum absolute atomic E-state index is 0.244. The van der Waals surface area contributed by atoms with Crippen LogP contribution in [-0.4, -0.2) is 32.8 Å². The summed E-state index contributed by atoms with van der Waals surface area (Å²) in [6.45, 7) is 8.15. The van der Waals surface area contributed by atoms with Gasteiger partial charge in [-0.1, -0.05) is 49.7 Å². The quantitative estimate of drug-likeness (QED) is 0.282. The van der Waals surface area contributed by atoms with E-state index in [-0.39, 0.29) is 11.6 Å². The number of para-hydroxylation sites is 1. The summed E-state index contributed by atoms with van der Waals surface area (Å²) in [6, 6.07) is 16.3. The van der Waals surface area contributed by atoms with Gasteiger partial charge in [0.2, 0.25) is 0 Å². The number of piperidine rings is 1. The molecule has 6 nitrogen and oxygen atoms in total. The van der Waals surface area contributed by atoms with E-state index in [0.29, 0.717) is 5.02 Å². The Hall–Kier alpha value is -3.64. The van der Waals surface area contributed by atoms with Gasteiger partial charge in [-0.25, -0.2) is 4.79 Å². The number of nitrogens with zero attached hydrogens (tertiary/aromatic N) is 4. The van der Waals surface area contributed by atoms with Crippen molar-refractivity contribution < 1.29 is 0 Å². The average molecular weight is 512 g/mol. The van der Waals surface area contributed by atoms with E-state index in [9.17, 15) is 4.79 Å². The highest BCUT2D eigenvalue weighted by Gasteiger charge is 2.23. The standard InChI is InChI=1S/C30H30ClN5O/c1-18(2)20-9-5-6-10-26(20)36-27-16-21(28-19(3)11-12-25-23(28)17-32-34-25)24(31)15-22(27)29(33-30(36)37)35-13-7-4-8-14-35/h5-6,9-12,15-18H,4,7-8,13-14H2,1-3H3,(H,32,34). The number of H-pyrrole nitrogens is 1. The smallest absolute Gasteiger partial charge is 0.354 e. The van der Waals surface area contributed by atoms with Crippen molar-refractivity contribution in [1.82, 2.24) is 19.7 Å². The van der Waals surface area contributed by atoms with Crippen molar-refractivity contribution in [2.24, 2.45) is 0 Å². The van der Waals surface area contributed by atoms with Crippen LogP contribution < -0.4 is 10.6 Å². The van der Waals surface area contributed by atoms with Gasteiger partial charge in [-0.15, -0.1) is 0 Å². The highest BCUT2D eigenvalue weighted by molar-refractivity contribution is 6.35. The van der Waals surface area contributed by atoms with E-state index in [1.807, 2.05) is 36.5 Å². The number of rotatable bonds is 4. The largest absolute Gasteiger partial charge is 0.356 e. The van der Waals surface area contributed by atoms with Gasteiger partial charge >= 0.3 is 5.69 Å². The monoisotopic (exact) mass is 511 g/mol. The van der Waals surface area contributed by atoms with Crippen LogP contribution in [0, 0.1) is 6.92 Å². The summed E-state index contributed by atoms with van der Waals surface area (Å²) >= 11 is 7.04. The Labute approximate surface area is 220 Å². The van der Waals surface area contributed by atoms with Crippen LogP contribution in [0.4, 0.5) is 5.82 Å². The van der Waals surface area contributed by atoms with Gasteiger partial charge in [-0.05, 0) is 73.1 Å². The van der Waals surface area contributed by atoms with Crippen LogP contribution in [0.25, 0.3) is 38.6 Å². The van der Waals surface area contributed by atoms with E-state index >= 15 is 0 Å². The molecule has 37 heavy (non-hydrogen) atoms. The summed E-state index contributed by atoms with van der Waals surface area (Å²) in [4.78, 5) is 20.7. The fourth-order valence-electron chi connectivity index (χ4n) is 5.66. The van der Waals surface area contributed by atoms with Gasteiger partial charge in [-0.2, -0.15) is 10.1 Å². The van der Waals surface area contributed by atoms with Crippen molar-refractivity contribution in [3.8, 4) is 16.8 Å². The third-order valence-corrected chi connectivity index (χ3v) is 7.83. The maximum absolute atomic E-state index is 13.8. The number of aromatic nitrogens is 4. The first-order chi connectivity index (χ1) is 17.9. The summed E-state index contributed by atoms with van der Waals surface area (Å²) < 4.78 is 1.77. The Morgan fingerprint density at radius 3 is 2.57 bits per heavy atom. The van der Waals surface area contributed by atoms with Gasteiger partial charge in [0, 0.05) is 34.4 Å². The maximum atomic E-state index is 13.8. The van der Waals surface area contributed by atoms with Gasteiger partial charge < -0.3 is 4.90 Å². The Balaban J connectivity index is 1.72. The first kappa shape index (κ1) is 23.7. The van der Waals surface area contributed by atoms with E-state index in [4.69, 9.17) is 11.6 Å². The maximum Gasteiger partial charge on any atom is 0.354 e. The number of hydrogen-bond donors (Lipinski definition) is 1. The fourth-order valence-corrected chi connectivity index (χ4v) is 5.92. The molecule has 0 unspecified atom stereocenters. The third-order valence-electron chi connectivity index (χ3n) is 7.52. The number of halogens is 1. The van der Waals surface area contributed by atoms with Crippen LogP contribution >= 0.6 is 11.6 Å². The molecule has 6 rings (SSSR count). The van der Waals surface area contributed by atoms with E-state index in [1.54, 1.807) is 4.57 Å². The van der Waals surface area contributed by atoms with Crippen LogP contribution in [0.1, 0.15) is 50.2 Å². The Morgan fingerprint density at radius 2 is 1.78 bits per heavy atom. The SMILES string of the molecule is Cc1ccc2[nH]ncc2c1-c1cc2c(cc1Cl)c(N1CCCCC1)nc(=O)n2-c1ccccc1C(C)C. The molecule has 0 spiro atoms. The van der Waals surface area contributed by atoms with E-state index in [1.165, 1.54) is 6.42 Å². The van der Waals surface area contributed by atoms with E-state index in [0.717, 1.165) is 81.5 Å². The van der Waals surface area contributed by atoms with Crippen LogP contribution in [-0.2, 0) is 0 Å². The Bertz CT molecular complexity index is 1690.